The molecule has 0 spiro atoms. The summed E-state index contributed by atoms with van der Waals surface area (Å²) in [4.78, 5) is 28.2. The van der Waals surface area contributed by atoms with Gasteiger partial charge in [0.15, 0.2) is 0 Å². The highest BCUT2D eigenvalue weighted by Crippen LogP contribution is 2.43. The van der Waals surface area contributed by atoms with Gasteiger partial charge in [0.2, 0.25) is 5.91 Å². The number of nitrogens with one attached hydrogen (secondary N) is 1. The average Bonchev–Trinajstić information content (AvgIpc) is 3.05. The van der Waals surface area contributed by atoms with Crippen LogP contribution < -0.4 is 5.32 Å². The van der Waals surface area contributed by atoms with Crippen LogP contribution in [0.3, 0.4) is 0 Å². The molecule has 2 amide bonds. The Morgan fingerprint density at radius 1 is 1.14 bits per heavy atom. The molecule has 1 saturated heterocycles. The summed E-state index contributed by atoms with van der Waals surface area (Å²) in [6, 6.07) is 14.4. The molecule has 1 heterocycles. The van der Waals surface area contributed by atoms with Crippen LogP contribution in [0.5, 0.6) is 0 Å². The van der Waals surface area contributed by atoms with Crippen LogP contribution in [0.4, 0.5) is 0 Å². The van der Waals surface area contributed by atoms with Gasteiger partial charge < -0.3 is 10.2 Å². The Balaban J connectivity index is 2.00. The van der Waals surface area contributed by atoms with E-state index in [1.807, 2.05) is 76.2 Å². The minimum absolute atomic E-state index is 0.133. The molecule has 4 nitrogen and oxygen atoms in total. The summed E-state index contributed by atoms with van der Waals surface area (Å²) in [7, 11) is 0. The Kier molecular flexibility index (Phi) is 6.06. The van der Waals surface area contributed by atoms with Gasteiger partial charge in [-0.1, -0.05) is 41.9 Å². The standard InChI is InChI=1S/C22H25ClN2O2S/c1-14-8-5-6-11-17(14)20(27)25-18(19(26)24-22(2,3)4)13-28-21(25)15-9-7-10-16(23)12-15/h5-12,18,21H,13H2,1-4H3,(H,24,26)/t18-,21-/m0/s1. The van der Waals surface area contributed by atoms with E-state index < -0.39 is 6.04 Å². The van der Waals surface area contributed by atoms with Gasteiger partial charge in [-0.15, -0.1) is 11.8 Å². The second kappa shape index (κ2) is 8.18. The molecule has 2 atom stereocenters. The summed E-state index contributed by atoms with van der Waals surface area (Å²) in [5, 5.41) is 3.38. The van der Waals surface area contributed by atoms with E-state index in [-0.39, 0.29) is 22.7 Å². The summed E-state index contributed by atoms with van der Waals surface area (Å²) in [5.74, 6) is 0.269. The molecule has 1 N–H and O–H groups in total. The summed E-state index contributed by atoms with van der Waals surface area (Å²) in [5.41, 5.74) is 2.06. The van der Waals surface area contributed by atoms with Crippen molar-refractivity contribution in [1.29, 1.82) is 0 Å². The number of hydrogen-bond acceptors (Lipinski definition) is 3. The van der Waals surface area contributed by atoms with Gasteiger partial charge in [0.25, 0.3) is 5.91 Å². The molecule has 0 aliphatic carbocycles. The van der Waals surface area contributed by atoms with Gasteiger partial charge in [-0.2, -0.15) is 0 Å². The number of hydrogen-bond donors (Lipinski definition) is 1. The van der Waals surface area contributed by atoms with E-state index in [1.54, 1.807) is 16.7 Å². The van der Waals surface area contributed by atoms with E-state index in [1.165, 1.54) is 0 Å². The number of aryl methyl sites for hydroxylation is 1. The molecule has 0 bridgehead atoms. The van der Waals surface area contributed by atoms with Crippen molar-refractivity contribution in [1.82, 2.24) is 10.2 Å². The quantitative estimate of drug-likeness (QED) is 0.780. The number of carbonyl (C=O) groups is 2. The van der Waals surface area contributed by atoms with Crippen molar-refractivity contribution in [2.24, 2.45) is 0 Å². The van der Waals surface area contributed by atoms with Crippen molar-refractivity contribution >= 4 is 35.2 Å². The minimum Gasteiger partial charge on any atom is -0.350 e. The zero-order valence-corrected chi connectivity index (χ0v) is 18.1. The Bertz CT molecular complexity index is 894. The first kappa shape index (κ1) is 20.7. The molecule has 6 heteroatoms. The second-order valence-corrected chi connectivity index (χ2v) is 9.57. The first-order valence-electron chi connectivity index (χ1n) is 9.25. The number of benzene rings is 2. The van der Waals surface area contributed by atoms with E-state index in [4.69, 9.17) is 11.6 Å². The first-order valence-corrected chi connectivity index (χ1v) is 10.7. The lowest BCUT2D eigenvalue weighted by atomic mass is 10.0. The number of rotatable bonds is 3. The third-order valence-electron chi connectivity index (χ3n) is 4.55. The maximum absolute atomic E-state index is 13.5. The highest BCUT2D eigenvalue weighted by molar-refractivity contribution is 7.99. The molecule has 0 saturated carbocycles. The molecule has 148 valence electrons. The second-order valence-electron chi connectivity index (χ2n) is 8.02. The highest BCUT2D eigenvalue weighted by Gasteiger charge is 2.43. The molecule has 0 aromatic heterocycles. The predicted molar refractivity (Wildman–Crippen MR) is 116 cm³/mol. The lowest BCUT2D eigenvalue weighted by Gasteiger charge is -2.31. The summed E-state index contributed by atoms with van der Waals surface area (Å²) >= 11 is 7.78. The van der Waals surface area contributed by atoms with Crippen LogP contribution in [0.15, 0.2) is 48.5 Å². The number of thioether (sulfide) groups is 1. The van der Waals surface area contributed by atoms with Crippen molar-refractivity contribution in [3.05, 3.63) is 70.2 Å². The summed E-state index contributed by atoms with van der Waals surface area (Å²) in [6.45, 7) is 7.73. The molecule has 1 aliphatic rings. The predicted octanol–water partition coefficient (Wildman–Crippen LogP) is 4.82. The Morgan fingerprint density at radius 2 is 1.86 bits per heavy atom. The van der Waals surface area contributed by atoms with Crippen molar-refractivity contribution in [3.8, 4) is 0 Å². The van der Waals surface area contributed by atoms with Crippen LogP contribution in [-0.2, 0) is 4.79 Å². The van der Waals surface area contributed by atoms with E-state index in [9.17, 15) is 9.59 Å². The van der Waals surface area contributed by atoms with Crippen LogP contribution in [-0.4, -0.2) is 34.0 Å². The van der Waals surface area contributed by atoms with Gasteiger partial charge in [-0.05, 0) is 57.0 Å². The Hall–Kier alpha value is -1.98. The average molecular weight is 417 g/mol. The molecule has 0 radical (unpaired) electrons. The van der Waals surface area contributed by atoms with Crippen molar-refractivity contribution in [3.63, 3.8) is 0 Å². The molecule has 1 aliphatic heterocycles. The minimum atomic E-state index is -0.541. The van der Waals surface area contributed by atoms with Crippen molar-refractivity contribution in [2.45, 2.75) is 44.6 Å². The monoisotopic (exact) mass is 416 g/mol. The Labute approximate surface area is 175 Å². The maximum Gasteiger partial charge on any atom is 0.256 e. The smallest absolute Gasteiger partial charge is 0.256 e. The number of carbonyl (C=O) groups excluding carboxylic acids is 2. The molecular formula is C22H25ClN2O2S. The normalized spacial score (nSPS) is 19.5. The van der Waals surface area contributed by atoms with Gasteiger partial charge in [-0.25, -0.2) is 0 Å². The fourth-order valence-electron chi connectivity index (χ4n) is 3.28. The van der Waals surface area contributed by atoms with Crippen LogP contribution in [0.25, 0.3) is 0 Å². The van der Waals surface area contributed by atoms with Crippen LogP contribution in [0, 0.1) is 6.92 Å². The van der Waals surface area contributed by atoms with Crippen molar-refractivity contribution < 1.29 is 9.59 Å². The van der Waals surface area contributed by atoms with Crippen LogP contribution in [0.2, 0.25) is 5.02 Å². The maximum atomic E-state index is 13.5. The zero-order valence-electron chi connectivity index (χ0n) is 16.5. The van der Waals surface area contributed by atoms with Gasteiger partial charge in [0, 0.05) is 21.9 Å². The number of amides is 2. The molecule has 1 fully saturated rings. The SMILES string of the molecule is Cc1ccccc1C(=O)N1[C@H](C(=O)NC(C)(C)C)CS[C@H]1c1cccc(Cl)c1. The summed E-state index contributed by atoms with van der Waals surface area (Å²) < 4.78 is 0. The van der Waals surface area contributed by atoms with Crippen LogP contribution in [0.1, 0.15) is 47.6 Å². The van der Waals surface area contributed by atoms with E-state index in [2.05, 4.69) is 5.32 Å². The van der Waals surface area contributed by atoms with Gasteiger partial charge in [0.1, 0.15) is 11.4 Å². The van der Waals surface area contributed by atoms with Gasteiger partial charge in [-0.3, -0.25) is 9.59 Å². The number of halogens is 1. The third kappa shape index (κ3) is 4.53. The van der Waals surface area contributed by atoms with E-state index in [0.29, 0.717) is 16.3 Å². The molecule has 0 unspecified atom stereocenters. The highest BCUT2D eigenvalue weighted by atomic mass is 35.5. The fourth-order valence-corrected chi connectivity index (χ4v) is 4.90. The molecular weight excluding hydrogens is 392 g/mol. The molecule has 28 heavy (non-hydrogen) atoms. The lowest BCUT2D eigenvalue weighted by molar-refractivity contribution is -0.126. The van der Waals surface area contributed by atoms with Crippen molar-refractivity contribution in [2.75, 3.05) is 5.75 Å². The molecule has 3 rings (SSSR count). The van der Waals surface area contributed by atoms with E-state index in [0.717, 1.165) is 11.1 Å². The van der Waals surface area contributed by atoms with Gasteiger partial charge in [0.05, 0.1) is 0 Å². The topological polar surface area (TPSA) is 49.4 Å². The summed E-state index contributed by atoms with van der Waals surface area (Å²) in [6.07, 6.45) is 0. The van der Waals surface area contributed by atoms with Gasteiger partial charge >= 0.3 is 0 Å². The Morgan fingerprint density at radius 3 is 2.50 bits per heavy atom. The van der Waals surface area contributed by atoms with Crippen LogP contribution >= 0.6 is 23.4 Å². The number of nitrogens with zero attached hydrogens (tertiary/aromatic N) is 1. The first-order chi connectivity index (χ1) is 13.2. The zero-order chi connectivity index (χ0) is 20.5. The molecule has 2 aromatic rings. The molecule has 2 aromatic carbocycles. The van der Waals surface area contributed by atoms with E-state index >= 15 is 0 Å². The lowest BCUT2D eigenvalue weighted by Crippen LogP contribution is -2.52. The third-order valence-corrected chi connectivity index (χ3v) is 6.10. The fraction of sp³-hybridized carbons (Fsp3) is 0.364. The largest absolute Gasteiger partial charge is 0.350 e.